The summed E-state index contributed by atoms with van der Waals surface area (Å²) in [6.07, 6.45) is -0.457. The van der Waals surface area contributed by atoms with Gasteiger partial charge in [-0.2, -0.15) is 0 Å². The van der Waals surface area contributed by atoms with Crippen LogP contribution in [0, 0.1) is 0 Å². The molecule has 100 valence electrons. The molecule has 0 fully saturated rings. The van der Waals surface area contributed by atoms with Crippen molar-refractivity contribution in [1.29, 1.82) is 0 Å². The number of ether oxygens (including phenoxy) is 1. The summed E-state index contributed by atoms with van der Waals surface area (Å²) in [5, 5.41) is 12.2. The number of halogens is 1. The maximum Gasteiger partial charge on any atom is 0.248 e. The van der Waals surface area contributed by atoms with Crippen molar-refractivity contribution in [3.8, 4) is 5.75 Å². The molecule has 1 rings (SSSR count). The highest BCUT2D eigenvalue weighted by Gasteiger charge is 2.14. The molecule has 5 heteroatoms. The van der Waals surface area contributed by atoms with Gasteiger partial charge in [0, 0.05) is 0 Å². The van der Waals surface area contributed by atoms with Crippen LogP contribution in [0.25, 0.3) is 0 Å². The summed E-state index contributed by atoms with van der Waals surface area (Å²) in [7, 11) is 0. The first kappa shape index (κ1) is 14.8. The summed E-state index contributed by atoms with van der Waals surface area (Å²) >= 11 is 5.99. The molecule has 0 aliphatic rings. The van der Waals surface area contributed by atoms with Gasteiger partial charge in [0.15, 0.2) is 0 Å². The molecule has 2 unspecified atom stereocenters. The van der Waals surface area contributed by atoms with Crippen LogP contribution >= 0.6 is 11.6 Å². The van der Waals surface area contributed by atoms with E-state index in [0.717, 1.165) is 6.42 Å². The van der Waals surface area contributed by atoms with Crippen LogP contribution in [0.1, 0.15) is 20.3 Å². The predicted octanol–water partition coefficient (Wildman–Crippen LogP) is 1.99. The first-order valence-electron chi connectivity index (χ1n) is 5.91. The van der Waals surface area contributed by atoms with Crippen LogP contribution in [0.5, 0.6) is 5.75 Å². The lowest BCUT2D eigenvalue weighted by molar-refractivity contribution is -0.128. The second-order valence-electron chi connectivity index (χ2n) is 4.00. The molecule has 1 aromatic carbocycles. The molecule has 0 saturated heterocycles. The van der Waals surface area contributed by atoms with Crippen LogP contribution in [-0.4, -0.2) is 29.8 Å². The van der Waals surface area contributed by atoms with E-state index in [2.05, 4.69) is 5.32 Å². The lowest BCUT2D eigenvalue weighted by atomic mass is 10.2. The smallest absolute Gasteiger partial charge is 0.248 e. The molecular weight excluding hydrogens is 254 g/mol. The van der Waals surface area contributed by atoms with Gasteiger partial charge in [0.05, 0.1) is 11.6 Å². The summed E-state index contributed by atoms with van der Waals surface area (Å²) in [4.78, 5) is 11.2. The molecule has 1 aromatic rings. The molecule has 2 atom stereocenters. The highest BCUT2D eigenvalue weighted by molar-refractivity contribution is 6.32. The zero-order chi connectivity index (χ0) is 13.5. The lowest BCUT2D eigenvalue weighted by Crippen LogP contribution is -2.39. The average Bonchev–Trinajstić information content (AvgIpc) is 2.36. The van der Waals surface area contributed by atoms with Crippen molar-refractivity contribution in [3.05, 3.63) is 29.3 Å². The van der Waals surface area contributed by atoms with Crippen molar-refractivity contribution in [2.24, 2.45) is 0 Å². The van der Waals surface area contributed by atoms with Gasteiger partial charge in [-0.1, -0.05) is 30.7 Å². The molecule has 4 nitrogen and oxygen atoms in total. The van der Waals surface area contributed by atoms with E-state index in [4.69, 9.17) is 21.4 Å². The Morgan fingerprint density at radius 1 is 1.50 bits per heavy atom. The van der Waals surface area contributed by atoms with Gasteiger partial charge in [-0.05, 0) is 25.5 Å². The summed E-state index contributed by atoms with van der Waals surface area (Å²) in [6.45, 7) is 3.71. The molecule has 0 radical (unpaired) electrons. The summed E-state index contributed by atoms with van der Waals surface area (Å²) in [6, 6.07) is 7.19. The van der Waals surface area contributed by atoms with Crippen molar-refractivity contribution < 1.29 is 14.6 Å². The zero-order valence-corrected chi connectivity index (χ0v) is 11.3. The van der Waals surface area contributed by atoms with E-state index in [0.29, 0.717) is 17.3 Å². The Balaban J connectivity index is 2.52. The highest BCUT2D eigenvalue weighted by atomic mass is 35.5. The number of hydrogen-bond acceptors (Lipinski definition) is 3. The number of hydrogen-bond donors (Lipinski definition) is 2. The van der Waals surface area contributed by atoms with E-state index in [1.54, 1.807) is 12.1 Å². The summed E-state index contributed by atoms with van der Waals surface area (Å²) in [5.74, 6) is 0.188. The Bertz CT molecular complexity index is 396. The van der Waals surface area contributed by atoms with Crippen LogP contribution in [0.15, 0.2) is 24.3 Å². The summed E-state index contributed by atoms with van der Waals surface area (Å²) < 4.78 is 5.70. The van der Waals surface area contributed by atoms with Gasteiger partial charge >= 0.3 is 0 Å². The highest BCUT2D eigenvalue weighted by Crippen LogP contribution is 2.24. The van der Waals surface area contributed by atoms with Crippen molar-refractivity contribution in [2.45, 2.75) is 32.5 Å². The third kappa shape index (κ3) is 4.55. The summed E-state index contributed by atoms with van der Waals surface area (Å²) in [5.41, 5.74) is 0. The van der Waals surface area contributed by atoms with Crippen molar-refractivity contribution in [1.82, 2.24) is 5.32 Å². The van der Waals surface area contributed by atoms with Crippen LogP contribution in [0.3, 0.4) is 0 Å². The van der Waals surface area contributed by atoms with E-state index in [1.165, 1.54) is 6.92 Å². The second-order valence-corrected chi connectivity index (χ2v) is 4.41. The number of carbonyl (C=O) groups is 1. The topological polar surface area (TPSA) is 58.6 Å². The monoisotopic (exact) mass is 271 g/mol. The third-order valence-corrected chi connectivity index (χ3v) is 2.78. The number of aliphatic hydroxyl groups is 1. The fraction of sp³-hybridized carbons (Fsp3) is 0.462. The number of benzene rings is 1. The van der Waals surface area contributed by atoms with Crippen LogP contribution in [-0.2, 0) is 4.79 Å². The van der Waals surface area contributed by atoms with Gasteiger partial charge in [0.2, 0.25) is 5.91 Å². The minimum absolute atomic E-state index is 0.174. The number of aliphatic hydroxyl groups excluding tert-OH is 1. The quantitative estimate of drug-likeness (QED) is 0.832. The standard InChI is InChI=1S/C13H18ClNO3/c1-3-10(8-15-13(17)9(2)16)18-12-7-5-4-6-11(12)14/h4-7,9-10,16H,3,8H2,1-2H3,(H,15,17). The van der Waals surface area contributed by atoms with Gasteiger partial charge in [-0.3, -0.25) is 4.79 Å². The van der Waals surface area contributed by atoms with E-state index < -0.39 is 12.0 Å². The molecule has 0 aliphatic carbocycles. The molecule has 0 aromatic heterocycles. The number of amides is 1. The molecule has 2 N–H and O–H groups in total. The molecule has 0 spiro atoms. The third-order valence-electron chi connectivity index (χ3n) is 2.47. The first-order valence-corrected chi connectivity index (χ1v) is 6.29. The van der Waals surface area contributed by atoms with Crippen molar-refractivity contribution >= 4 is 17.5 Å². The van der Waals surface area contributed by atoms with Crippen molar-refractivity contribution in [3.63, 3.8) is 0 Å². The van der Waals surface area contributed by atoms with E-state index in [1.807, 2.05) is 19.1 Å². The van der Waals surface area contributed by atoms with E-state index in [9.17, 15) is 4.79 Å². The van der Waals surface area contributed by atoms with E-state index in [-0.39, 0.29) is 6.10 Å². The Morgan fingerprint density at radius 2 is 2.17 bits per heavy atom. The Hall–Kier alpha value is -1.26. The predicted molar refractivity (Wildman–Crippen MR) is 70.8 cm³/mol. The molecule has 1 amide bonds. The van der Waals surface area contributed by atoms with Gasteiger partial charge in [0.1, 0.15) is 18.0 Å². The number of carbonyl (C=O) groups excluding carboxylic acids is 1. The fourth-order valence-electron chi connectivity index (χ4n) is 1.35. The average molecular weight is 272 g/mol. The number of rotatable bonds is 6. The molecule has 0 saturated carbocycles. The first-order chi connectivity index (χ1) is 8.54. The van der Waals surface area contributed by atoms with Gasteiger partial charge in [-0.25, -0.2) is 0 Å². The van der Waals surface area contributed by atoms with Crippen LogP contribution in [0.2, 0.25) is 5.02 Å². The number of nitrogens with one attached hydrogen (secondary N) is 1. The Kier molecular flexibility index (Phi) is 5.95. The Morgan fingerprint density at radius 3 is 2.72 bits per heavy atom. The minimum Gasteiger partial charge on any atom is -0.487 e. The number of para-hydroxylation sites is 1. The normalized spacial score (nSPS) is 13.8. The molecule has 18 heavy (non-hydrogen) atoms. The van der Waals surface area contributed by atoms with Crippen molar-refractivity contribution in [2.75, 3.05) is 6.54 Å². The van der Waals surface area contributed by atoms with Crippen LogP contribution < -0.4 is 10.1 Å². The second kappa shape index (κ2) is 7.24. The zero-order valence-electron chi connectivity index (χ0n) is 10.5. The maximum absolute atomic E-state index is 11.2. The van der Waals surface area contributed by atoms with Gasteiger partial charge in [-0.15, -0.1) is 0 Å². The SMILES string of the molecule is CCC(CNC(=O)C(C)O)Oc1ccccc1Cl. The largest absolute Gasteiger partial charge is 0.487 e. The van der Waals surface area contributed by atoms with E-state index >= 15 is 0 Å². The molecule has 0 aliphatic heterocycles. The van der Waals surface area contributed by atoms with Gasteiger partial charge < -0.3 is 15.2 Å². The fourth-order valence-corrected chi connectivity index (χ4v) is 1.53. The maximum atomic E-state index is 11.2. The van der Waals surface area contributed by atoms with Crippen LogP contribution in [0.4, 0.5) is 0 Å². The molecule has 0 bridgehead atoms. The Labute approximate surface area is 112 Å². The van der Waals surface area contributed by atoms with Gasteiger partial charge in [0.25, 0.3) is 0 Å². The lowest BCUT2D eigenvalue weighted by Gasteiger charge is -2.19. The molecular formula is C13H18ClNO3. The minimum atomic E-state index is -1.01. The molecule has 0 heterocycles.